The van der Waals surface area contributed by atoms with Crippen molar-refractivity contribution >= 4 is 44.1 Å². The van der Waals surface area contributed by atoms with Crippen LogP contribution in [0.25, 0.3) is 6.08 Å². The summed E-state index contributed by atoms with van der Waals surface area (Å²) >= 11 is 5.70. The number of hydrogen-bond donors (Lipinski definition) is 2. The van der Waals surface area contributed by atoms with E-state index in [4.69, 9.17) is 23.2 Å². The minimum atomic E-state index is 0.122. The maximum Gasteiger partial charge on any atom is 0.285 e. The number of nitriles is 1. The van der Waals surface area contributed by atoms with E-state index in [1.54, 1.807) is 12.2 Å². The van der Waals surface area contributed by atoms with Crippen LogP contribution in [0.15, 0.2) is 29.9 Å². The molecule has 0 aromatic carbocycles. The third-order valence-electron chi connectivity index (χ3n) is 1.78. The smallest absolute Gasteiger partial charge is 0.285 e. The number of rotatable bonds is 3. The van der Waals surface area contributed by atoms with Crippen molar-refractivity contribution in [2.75, 3.05) is 0 Å². The maximum atomic E-state index is 8.68. The van der Waals surface area contributed by atoms with Crippen molar-refractivity contribution in [2.24, 2.45) is 5.73 Å². The van der Waals surface area contributed by atoms with Crippen molar-refractivity contribution in [3.63, 3.8) is 0 Å². The van der Waals surface area contributed by atoms with Crippen LogP contribution in [-0.4, -0.2) is 26.3 Å². The quantitative estimate of drug-likeness (QED) is 0.253. The Hall–Kier alpha value is -1.33. The van der Waals surface area contributed by atoms with Gasteiger partial charge in [-0.15, -0.1) is 0 Å². The number of nitrogens with one attached hydrogen (secondary N) is 1. The van der Waals surface area contributed by atoms with Gasteiger partial charge in [0.1, 0.15) is 11.1 Å². The number of nitrogens with two attached hydrogens (primary N) is 1. The van der Waals surface area contributed by atoms with Gasteiger partial charge in [0, 0.05) is 5.69 Å². The molecule has 0 aliphatic heterocycles. The molecular weight excluding hydrogens is 221 g/mol. The Morgan fingerprint density at radius 2 is 2.33 bits per heavy atom. The summed E-state index contributed by atoms with van der Waals surface area (Å²) in [5, 5.41) is 8.68. The molecule has 1 heterocycles. The molecular formula is C10H10AlN3S. The average molecular weight is 231 g/mol. The summed E-state index contributed by atoms with van der Waals surface area (Å²) in [7, 11) is 0. The van der Waals surface area contributed by atoms with Crippen molar-refractivity contribution in [3.05, 3.63) is 35.6 Å². The molecule has 0 aliphatic carbocycles. The van der Waals surface area contributed by atoms with Gasteiger partial charge in [-0.25, -0.2) is 0 Å². The van der Waals surface area contributed by atoms with Crippen LogP contribution in [0.5, 0.6) is 0 Å². The summed E-state index contributed by atoms with van der Waals surface area (Å²) in [6, 6.07) is 5.95. The van der Waals surface area contributed by atoms with Crippen LogP contribution in [0.4, 0.5) is 0 Å². The number of hydrogen-bond acceptors (Lipinski definition) is 2. The van der Waals surface area contributed by atoms with Gasteiger partial charge in [0.2, 0.25) is 0 Å². The summed E-state index contributed by atoms with van der Waals surface area (Å²) in [6.07, 6.45) is 5.23. The predicted molar refractivity (Wildman–Crippen MR) is 68.5 cm³/mol. The number of H-pyrrole nitrogens is 1. The number of aromatic nitrogens is 1. The Balaban J connectivity index is 2.75. The molecule has 0 bridgehead atoms. The fourth-order valence-electron chi connectivity index (χ4n) is 1.05. The Kier molecular flexibility index (Phi) is 4.33. The van der Waals surface area contributed by atoms with Gasteiger partial charge in [-0.05, 0) is 18.2 Å². The normalized spacial score (nSPS) is 11.5. The first-order valence-electron chi connectivity index (χ1n) is 4.37. The van der Waals surface area contributed by atoms with E-state index in [0.717, 1.165) is 22.0 Å². The molecule has 74 valence electrons. The minimum Gasteiger partial charge on any atom is -0.389 e. The Bertz CT molecular complexity index is 465. The highest BCUT2D eigenvalue weighted by molar-refractivity contribution is 7.80. The molecule has 0 radical (unpaired) electrons. The Morgan fingerprint density at radius 3 is 2.80 bits per heavy atom. The zero-order chi connectivity index (χ0) is 11.3. The topological polar surface area (TPSA) is 65.6 Å². The number of thiocarbonyl (C=S) groups is 1. The molecule has 0 amide bonds. The molecule has 1 aromatic rings. The lowest BCUT2D eigenvalue weighted by atomic mass is 10.2. The van der Waals surface area contributed by atoms with Crippen molar-refractivity contribution in [1.29, 1.82) is 5.26 Å². The SMILES string of the molecule is N#C/C(=C/C=C/c1cc[c]([AlH2])[nH]1)C(N)=S. The summed E-state index contributed by atoms with van der Waals surface area (Å²) in [6.45, 7) is 0. The summed E-state index contributed by atoms with van der Waals surface area (Å²) < 4.78 is 1.23. The maximum absolute atomic E-state index is 8.68. The van der Waals surface area contributed by atoms with Crippen molar-refractivity contribution in [3.8, 4) is 6.07 Å². The van der Waals surface area contributed by atoms with Gasteiger partial charge in [0.25, 0.3) is 16.3 Å². The molecule has 3 nitrogen and oxygen atoms in total. The van der Waals surface area contributed by atoms with Crippen molar-refractivity contribution in [2.45, 2.75) is 0 Å². The number of nitrogens with zero attached hydrogens (tertiary/aromatic N) is 1. The second-order valence-corrected chi connectivity index (χ2v) is 4.53. The molecule has 0 fully saturated rings. The monoisotopic (exact) mass is 231 g/mol. The average Bonchev–Trinajstić information content (AvgIpc) is 2.58. The van der Waals surface area contributed by atoms with Crippen LogP contribution >= 0.6 is 12.2 Å². The Morgan fingerprint density at radius 1 is 1.60 bits per heavy atom. The highest BCUT2D eigenvalue weighted by atomic mass is 32.1. The van der Waals surface area contributed by atoms with Crippen molar-refractivity contribution < 1.29 is 0 Å². The third-order valence-corrected chi connectivity index (χ3v) is 2.58. The first kappa shape index (κ1) is 11.7. The van der Waals surface area contributed by atoms with E-state index in [0.29, 0.717) is 5.57 Å². The zero-order valence-electron chi connectivity index (χ0n) is 8.32. The molecule has 0 saturated carbocycles. The molecule has 5 heteroatoms. The zero-order valence-corrected chi connectivity index (χ0v) is 11.1. The van der Waals surface area contributed by atoms with Crippen molar-refractivity contribution in [1.82, 2.24) is 4.98 Å². The van der Waals surface area contributed by atoms with E-state index in [1.807, 2.05) is 24.3 Å². The summed E-state index contributed by atoms with van der Waals surface area (Å²) in [5.74, 6) is 0. The van der Waals surface area contributed by atoms with E-state index >= 15 is 0 Å². The lowest BCUT2D eigenvalue weighted by molar-refractivity contribution is 1.42. The van der Waals surface area contributed by atoms with Crippen LogP contribution in [0.3, 0.4) is 0 Å². The number of allylic oxidation sites excluding steroid dienone is 2. The van der Waals surface area contributed by atoms with Gasteiger partial charge in [0.15, 0.2) is 0 Å². The molecule has 0 saturated heterocycles. The summed E-state index contributed by atoms with van der Waals surface area (Å²) in [5.41, 5.74) is 6.66. The second kappa shape index (κ2) is 5.53. The van der Waals surface area contributed by atoms with Gasteiger partial charge in [-0.3, -0.25) is 0 Å². The molecule has 3 N–H and O–H groups in total. The fraction of sp³-hybridized carbons (Fsp3) is 0. The van der Waals surface area contributed by atoms with Crippen LogP contribution in [0, 0.1) is 11.3 Å². The molecule has 1 aromatic heterocycles. The lowest BCUT2D eigenvalue weighted by Crippen LogP contribution is -2.09. The minimum absolute atomic E-state index is 0.122. The first-order valence-corrected chi connectivity index (χ1v) is 5.78. The van der Waals surface area contributed by atoms with E-state index < -0.39 is 0 Å². The van der Waals surface area contributed by atoms with Gasteiger partial charge in [-0.2, -0.15) is 5.26 Å². The predicted octanol–water partition coefficient (Wildman–Crippen LogP) is 0.0224. The van der Waals surface area contributed by atoms with Crippen LogP contribution in [-0.2, 0) is 0 Å². The Labute approximate surface area is 102 Å². The molecule has 1 rings (SSSR count). The standard InChI is InChI=1S/C10H8N3S.Al.2H/c11-7-8(10(12)14)3-1-4-9-5-2-6-13-9;;;/h1-5,13H,(H2,12,14);;;/b4-1+,8-3-;;;. The number of aromatic amines is 1. The molecule has 0 atom stereocenters. The molecule has 0 spiro atoms. The molecule has 0 unspecified atom stereocenters. The van der Waals surface area contributed by atoms with Gasteiger partial charge >= 0.3 is 0 Å². The van der Waals surface area contributed by atoms with Crippen LogP contribution in [0.1, 0.15) is 5.69 Å². The largest absolute Gasteiger partial charge is 0.389 e. The third kappa shape index (κ3) is 3.73. The van der Waals surface area contributed by atoms with E-state index in [1.165, 1.54) is 4.56 Å². The lowest BCUT2D eigenvalue weighted by Gasteiger charge is -1.89. The van der Waals surface area contributed by atoms with Gasteiger partial charge < -0.3 is 10.7 Å². The van der Waals surface area contributed by atoms with Gasteiger partial charge in [0.05, 0.1) is 5.57 Å². The van der Waals surface area contributed by atoms with E-state index in [2.05, 4.69) is 4.98 Å². The second-order valence-electron chi connectivity index (χ2n) is 3.01. The first-order chi connectivity index (χ1) is 7.13. The fourth-order valence-corrected chi connectivity index (χ4v) is 1.61. The van der Waals surface area contributed by atoms with E-state index in [-0.39, 0.29) is 4.99 Å². The van der Waals surface area contributed by atoms with Crippen LogP contribution < -0.4 is 10.3 Å². The highest BCUT2D eigenvalue weighted by Crippen LogP contribution is 1.98. The molecule has 0 aliphatic rings. The summed E-state index contributed by atoms with van der Waals surface area (Å²) in [4.78, 5) is 3.32. The molecule has 15 heavy (non-hydrogen) atoms. The van der Waals surface area contributed by atoms with Crippen LogP contribution in [0.2, 0.25) is 0 Å². The van der Waals surface area contributed by atoms with Gasteiger partial charge in [-0.1, -0.05) is 28.9 Å². The highest BCUT2D eigenvalue weighted by Gasteiger charge is 1.95. The van der Waals surface area contributed by atoms with E-state index in [9.17, 15) is 0 Å².